The van der Waals surface area contributed by atoms with Gasteiger partial charge >= 0.3 is 5.97 Å². The number of aliphatic hydroxyl groups excluding tert-OH is 1. The van der Waals surface area contributed by atoms with E-state index in [4.69, 9.17) is 9.47 Å². The van der Waals surface area contributed by atoms with Crippen molar-refractivity contribution in [1.82, 2.24) is 0 Å². The van der Waals surface area contributed by atoms with E-state index in [0.717, 1.165) is 64.2 Å². The molecule has 0 amide bonds. The number of aliphatic hydroxyl groups is 1. The monoisotopic (exact) mass is 795 g/mol. The first kappa shape index (κ1) is 54.8. The number of esters is 1. The van der Waals surface area contributed by atoms with Crippen LogP contribution in [0.2, 0.25) is 0 Å². The predicted octanol–water partition coefficient (Wildman–Crippen LogP) is 16.5. The average molecular weight is 795 g/mol. The Bertz CT molecular complexity index is 973. The summed E-state index contributed by atoms with van der Waals surface area (Å²) >= 11 is 0. The van der Waals surface area contributed by atoms with Crippen molar-refractivity contribution in [3.8, 4) is 0 Å². The lowest BCUT2D eigenvalue weighted by atomic mass is 10.0. The zero-order chi connectivity index (χ0) is 41.2. The third-order valence-corrected chi connectivity index (χ3v) is 10.5. The summed E-state index contributed by atoms with van der Waals surface area (Å²) < 4.78 is 11.2. The molecule has 0 heterocycles. The van der Waals surface area contributed by atoms with E-state index in [1.54, 1.807) is 0 Å². The van der Waals surface area contributed by atoms with Crippen molar-refractivity contribution in [2.75, 3.05) is 19.8 Å². The van der Waals surface area contributed by atoms with E-state index in [9.17, 15) is 9.90 Å². The molecule has 1 N–H and O–H groups in total. The van der Waals surface area contributed by atoms with Gasteiger partial charge in [-0.25, -0.2) is 0 Å². The number of unbranched alkanes of at least 4 members (excludes halogenated alkanes) is 25. The summed E-state index contributed by atoms with van der Waals surface area (Å²) in [7, 11) is 0. The second kappa shape index (κ2) is 50.0. The first-order valence-electron chi connectivity index (χ1n) is 24.5. The van der Waals surface area contributed by atoms with Gasteiger partial charge in [-0.15, -0.1) is 0 Å². The molecular formula is C53H94O4. The molecule has 0 aromatic heterocycles. The Hall–Kier alpha value is -2.17. The molecule has 0 aliphatic carbocycles. The highest BCUT2D eigenvalue weighted by atomic mass is 16.6. The average Bonchev–Trinajstić information content (AvgIpc) is 3.22. The number of carbonyl (C=O) groups excluding carboxylic acids is 1. The molecule has 57 heavy (non-hydrogen) atoms. The first-order chi connectivity index (χ1) is 28.2. The van der Waals surface area contributed by atoms with Crippen LogP contribution in [0.25, 0.3) is 0 Å². The van der Waals surface area contributed by atoms with E-state index < -0.39 is 6.10 Å². The third kappa shape index (κ3) is 48.1. The molecule has 0 spiro atoms. The van der Waals surface area contributed by atoms with E-state index in [1.165, 1.54) is 148 Å². The van der Waals surface area contributed by atoms with Gasteiger partial charge in [0.2, 0.25) is 0 Å². The topological polar surface area (TPSA) is 55.8 Å². The second-order valence-electron chi connectivity index (χ2n) is 16.2. The van der Waals surface area contributed by atoms with E-state index in [0.29, 0.717) is 13.0 Å². The SMILES string of the molecule is CC/C=C\C/C=C\C/C=C\C/C=C\C/C=C\C/C=C\CCCCCCCCCOCC(CO)OC(=O)CCCCCCCCCCCCCCCCCCCCC. The van der Waals surface area contributed by atoms with Crippen molar-refractivity contribution in [3.63, 3.8) is 0 Å². The summed E-state index contributed by atoms with van der Waals surface area (Å²) in [5.74, 6) is -0.203. The van der Waals surface area contributed by atoms with Crippen LogP contribution in [-0.2, 0) is 14.3 Å². The van der Waals surface area contributed by atoms with Crippen LogP contribution >= 0.6 is 0 Å². The molecule has 0 fully saturated rings. The van der Waals surface area contributed by atoms with Crippen molar-refractivity contribution >= 4 is 5.97 Å². The third-order valence-electron chi connectivity index (χ3n) is 10.5. The van der Waals surface area contributed by atoms with Crippen LogP contribution in [0.4, 0.5) is 0 Å². The first-order valence-corrected chi connectivity index (χ1v) is 24.5. The summed E-state index contributed by atoms with van der Waals surface area (Å²) in [6.45, 7) is 5.23. The molecule has 4 heteroatoms. The van der Waals surface area contributed by atoms with Gasteiger partial charge in [0.1, 0.15) is 6.10 Å². The predicted molar refractivity (Wildman–Crippen MR) is 251 cm³/mol. The molecule has 1 atom stereocenters. The number of hydrogen-bond donors (Lipinski definition) is 1. The molecule has 0 rings (SSSR count). The Morgan fingerprint density at radius 3 is 1.19 bits per heavy atom. The highest BCUT2D eigenvalue weighted by Crippen LogP contribution is 2.15. The van der Waals surface area contributed by atoms with E-state index in [-0.39, 0.29) is 19.2 Å². The summed E-state index contributed by atoms with van der Waals surface area (Å²) in [4.78, 5) is 12.3. The molecule has 4 nitrogen and oxygen atoms in total. The van der Waals surface area contributed by atoms with Gasteiger partial charge in [0.15, 0.2) is 0 Å². The quantitative estimate of drug-likeness (QED) is 0.0379. The van der Waals surface area contributed by atoms with Gasteiger partial charge in [-0.05, 0) is 64.2 Å². The Labute approximate surface area is 355 Å². The standard InChI is InChI=1S/C53H94O4/c1-3-5-7-9-11-13-15-17-19-21-23-24-25-26-27-28-29-31-33-35-37-39-41-43-45-47-49-56-51-52(50-54)57-53(55)48-46-44-42-40-38-36-34-32-30-22-20-18-16-14-12-10-8-6-4-2/h5,7,11,13,17,19,23-24,26-27,29,31,52,54H,3-4,6,8-10,12,14-16,18,20-22,25,28,30,32-51H2,1-2H3/b7-5-,13-11-,19-17-,24-23-,27-26-,31-29-. The number of allylic oxidation sites excluding steroid dienone is 12. The molecule has 0 aromatic rings. The fourth-order valence-electron chi connectivity index (χ4n) is 6.92. The fourth-order valence-corrected chi connectivity index (χ4v) is 6.92. The van der Waals surface area contributed by atoms with Crippen LogP contribution < -0.4 is 0 Å². The minimum atomic E-state index is -0.543. The summed E-state index contributed by atoms with van der Waals surface area (Å²) in [6, 6.07) is 0. The van der Waals surface area contributed by atoms with Crippen LogP contribution in [0.5, 0.6) is 0 Å². The van der Waals surface area contributed by atoms with Gasteiger partial charge in [0, 0.05) is 13.0 Å². The number of rotatable bonds is 45. The molecule has 330 valence electrons. The van der Waals surface area contributed by atoms with Crippen LogP contribution in [-0.4, -0.2) is 37.0 Å². The summed E-state index contributed by atoms with van der Waals surface area (Å²) in [5, 5.41) is 9.64. The number of carbonyl (C=O) groups is 1. The summed E-state index contributed by atoms with van der Waals surface area (Å²) in [5.41, 5.74) is 0. The molecule has 0 saturated heterocycles. The van der Waals surface area contributed by atoms with E-state index >= 15 is 0 Å². The Kier molecular flexibility index (Phi) is 48.1. The molecule has 0 aromatic carbocycles. The van der Waals surface area contributed by atoms with Crippen LogP contribution in [0.3, 0.4) is 0 Å². The normalized spacial score (nSPS) is 13.0. The molecule has 1 unspecified atom stereocenters. The fraction of sp³-hybridized carbons (Fsp3) is 0.755. The zero-order valence-electron chi connectivity index (χ0n) is 37.8. The Morgan fingerprint density at radius 2 is 0.789 bits per heavy atom. The number of ether oxygens (including phenoxy) is 2. The molecular weight excluding hydrogens is 701 g/mol. The lowest BCUT2D eigenvalue weighted by Crippen LogP contribution is -2.27. The van der Waals surface area contributed by atoms with Gasteiger partial charge in [0.05, 0.1) is 13.2 Å². The van der Waals surface area contributed by atoms with Crippen LogP contribution in [0, 0.1) is 0 Å². The van der Waals surface area contributed by atoms with Crippen molar-refractivity contribution in [2.24, 2.45) is 0 Å². The molecule has 0 saturated carbocycles. The van der Waals surface area contributed by atoms with Crippen molar-refractivity contribution in [1.29, 1.82) is 0 Å². The maximum atomic E-state index is 12.3. The second-order valence-corrected chi connectivity index (χ2v) is 16.2. The molecule has 0 aliphatic rings. The molecule has 0 radical (unpaired) electrons. The maximum absolute atomic E-state index is 12.3. The maximum Gasteiger partial charge on any atom is 0.306 e. The van der Waals surface area contributed by atoms with Crippen molar-refractivity contribution in [2.45, 2.75) is 238 Å². The van der Waals surface area contributed by atoms with Gasteiger partial charge in [0.25, 0.3) is 0 Å². The number of hydrogen-bond acceptors (Lipinski definition) is 4. The lowest BCUT2D eigenvalue weighted by Gasteiger charge is -2.16. The summed E-state index contributed by atoms with van der Waals surface area (Å²) in [6.07, 6.45) is 68.4. The van der Waals surface area contributed by atoms with Crippen molar-refractivity contribution in [3.05, 3.63) is 72.9 Å². The smallest absolute Gasteiger partial charge is 0.306 e. The van der Waals surface area contributed by atoms with Crippen LogP contribution in [0.1, 0.15) is 232 Å². The molecule has 0 aliphatic heterocycles. The minimum Gasteiger partial charge on any atom is -0.457 e. The van der Waals surface area contributed by atoms with Gasteiger partial charge < -0.3 is 14.6 Å². The molecule has 0 bridgehead atoms. The van der Waals surface area contributed by atoms with Gasteiger partial charge in [-0.3, -0.25) is 4.79 Å². The van der Waals surface area contributed by atoms with Crippen LogP contribution in [0.15, 0.2) is 72.9 Å². The Balaban J connectivity index is 3.46. The highest BCUT2D eigenvalue weighted by Gasteiger charge is 2.13. The highest BCUT2D eigenvalue weighted by molar-refractivity contribution is 5.69. The van der Waals surface area contributed by atoms with E-state index in [1.807, 2.05) is 0 Å². The van der Waals surface area contributed by atoms with E-state index in [2.05, 4.69) is 86.8 Å². The Morgan fingerprint density at radius 1 is 0.439 bits per heavy atom. The van der Waals surface area contributed by atoms with Gasteiger partial charge in [-0.1, -0.05) is 234 Å². The minimum absolute atomic E-state index is 0.177. The van der Waals surface area contributed by atoms with Crippen molar-refractivity contribution < 1.29 is 19.4 Å². The van der Waals surface area contributed by atoms with Gasteiger partial charge in [-0.2, -0.15) is 0 Å². The lowest BCUT2D eigenvalue weighted by molar-refractivity contribution is -0.154. The zero-order valence-corrected chi connectivity index (χ0v) is 37.8. The largest absolute Gasteiger partial charge is 0.457 e.